The van der Waals surface area contributed by atoms with E-state index in [1.165, 1.54) is 250 Å². The van der Waals surface area contributed by atoms with Gasteiger partial charge in [-0.15, -0.1) is 0 Å². The summed E-state index contributed by atoms with van der Waals surface area (Å²) >= 11 is 0. The molecular weight excluding hydrogens is 925 g/mol. The minimum Gasteiger partial charge on any atom is -0.462 e. The molecule has 0 heterocycles. The maximum absolute atomic E-state index is 12.8. The predicted molar refractivity (Wildman–Crippen MR) is 326 cm³/mol. The third-order valence-corrected chi connectivity index (χ3v) is 15.1. The van der Waals surface area contributed by atoms with Crippen LogP contribution in [0.3, 0.4) is 0 Å². The summed E-state index contributed by atoms with van der Waals surface area (Å²) in [7, 11) is 0. The normalized spacial score (nSPS) is 12.2. The second kappa shape index (κ2) is 64.2. The van der Waals surface area contributed by atoms with Gasteiger partial charge in [-0.3, -0.25) is 14.4 Å². The van der Waals surface area contributed by atoms with E-state index in [1.807, 2.05) is 0 Å². The number of carbonyl (C=O) groups is 3. The molecule has 0 aliphatic carbocycles. The van der Waals surface area contributed by atoms with Crippen molar-refractivity contribution in [3.63, 3.8) is 0 Å². The zero-order chi connectivity index (χ0) is 54.3. The average molecular weight is 1050 g/mol. The van der Waals surface area contributed by atoms with Crippen LogP contribution in [0.15, 0.2) is 36.5 Å². The largest absolute Gasteiger partial charge is 0.462 e. The molecule has 1 unspecified atom stereocenters. The van der Waals surface area contributed by atoms with Crippen molar-refractivity contribution in [2.75, 3.05) is 13.2 Å². The summed E-state index contributed by atoms with van der Waals surface area (Å²) in [6.07, 6.45) is 79.3. The monoisotopic (exact) mass is 1050 g/mol. The van der Waals surface area contributed by atoms with Crippen LogP contribution in [0.1, 0.15) is 367 Å². The highest BCUT2D eigenvalue weighted by Gasteiger charge is 2.19. The van der Waals surface area contributed by atoms with Crippen LogP contribution in [0, 0.1) is 0 Å². The Morgan fingerprint density at radius 1 is 0.267 bits per heavy atom. The molecule has 0 saturated heterocycles. The maximum atomic E-state index is 12.8. The smallest absolute Gasteiger partial charge is 0.306 e. The third-order valence-electron chi connectivity index (χ3n) is 15.1. The molecule has 75 heavy (non-hydrogen) atoms. The van der Waals surface area contributed by atoms with Crippen molar-refractivity contribution in [3.8, 4) is 0 Å². The van der Waals surface area contributed by atoms with E-state index < -0.39 is 6.10 Å². The molecule has 6 heteroatoms. The van der Waals surface area contributed by atoms with Crippen molar-refractivity contribution in [2.45, 2.75) is 374 Å². The van der Waals surface area contributed by atoms with Crippen LogP contribution in [0.5, 0.6) is 0 Å². The van der Waals surface area contributed by atoms with Crippen LogP contribution < -0.4 is 0 Å². The van der Waals surface area contributed by atoms with Crippen molar-refractivity contribution < 1.29 is 28.6 Å². The summed E-state index contributed by atoms with van der Waals surface area (Å²) in [6, 6.07) is 0. The van der Waals surface area contributed by atoms with E-state index in [2.05, 4.69) is 57.2 Å². The second-order valence-electron chi connectivity index (χ2n) is 22.7. The summed E-state index contributed by atoms with van der Waals surface area (Å²) in [5, 5.41) is 0. The molecule has 0 radical (unpaired) electrons. The Morgan fingerprint density at radius 2 is 0.480 bits per heavy atom. The SMILES string of the molecule is CCCCCCC/C=C\C/C=C\C/C=C\CCCCCCCCCCCCCCCCC(=O)OCC(COC(=O)CCCCCCC)OC(=O)CCCCCCCCCCCCCCCCCCCCCCCCC. The summed E-state index contributed by atoms with van der Waals surface area (Å²) < 4.78 is 16.8. The van der Waals surface area contributed by atoms with Gasteiger partial charge in [0.15, 0.2) is 6.10 Å². The summed E-state index contributed by atoms with van der Waals surface area (Å²) in [5.74, 6) is -0.859. The van der Waals surface area contributed by atoms with Crippen LogP contribution in [-0.4, -0.2) is 37.2 Å². The molecule has 0 aromatic rings. The molecule has 0 aromatic heterocycles. The molecule has 0 bridgehead atoms. The van der Waals surface area contributed by atoms with Gasteiger partial charge in [-0.25, -0.2) is 0 Å². The Morgan fingerprint density at radius 3 is 0.747 bits per heavy atom. The third kappa shape index (κ3) is 62.4. The van der Waals surface area contributed by atoms with E-state index in [-0.39, 0.29) is 31.1 Å². The fraction of sp³-hybridized carbons (Fsp3) is 0.870. The Kier molecular flexibility index (Phi) is 62.1. The first-order chi connectivity index (χ1) is 37.0. The fourth-order valence-corrected chi connectivity index (χ4v) is 10.1. The number of allylic oxidation sites excluding steroid dienone is 6. The van der Waals surface area contributed by atoms with Crippen molar-refractivity contribution in [1.82, 2.24) is 0 Å². The summed E-state index contributed by atoms with van der Waals surface area (Å²) in [4.78, 5) is 38.0. The molecule has 0 aliphatic heterocycles. The van der Waals surface area contributed by atoms with E-state index in [9.17, 15) is 14.4 Å². The number of hydrogen-bond acceptors (Lipinski definition) is 6. The van der Waals surface area contributed by atoms with Gasteiger partial charge in [-0.1, -0.05) is 327 Å². The van der Waals surface area contributed by atoms with Crippen LogP contribution in [0.25, 0.3) is 0 Å². The Bertz CT molecular complexity index is 1250. The zero-order valence-corrected chi connectivity index (χ0v) is 50.6. The Balaban J connectivity index is 3.96. The van der Waals surface area contributed by atoms with Crippen LogP contribution in [0.2, 0.25) is 0 Å². The van der Waals surface area contributed by atoms with Crippen LogP contribution >= 0.6 is 0 Å². The van der Waals surface area contributed by atoms with Crippen molar-refractivity contribution in [1.29, 1.82) is 0 Å². The van der Waals surface area contributed by atoms with Gasteiger partial charge in [-0.05, 0) is 57.8 Å². The standard InChI is InChI=1S/C69H128O6/c1-4-7-10-13-15-17-19-21-23-25-27-29-31-32-33-34-35-36-38-39-41-43-45-47-49-51-53-56-59-62-68(71)74-65-66(64-73-67(70)61-58-55-12-9-6-3)75-69(72)63-60-57-54-52-50-48-46-44-42-40-37-30-28-26-24-22-20-18-16-14-11-8-5-2/h19,21,25,27,31-32,66H,4-18,20,22-24,26,28-30,33-65H2,1-3H3/b21-19-,27-25-,32-31-. The lowest BCUT2D eigenvalue weighted by Crippen LogP contribution is -2.30. The van der Waals surface area contributed by atoms with Crippen molar-refractivity contribution >= 4 is 17.9 Å². The van der Waals surface area contributed by atoms with Crippen molar-refractivity contribution in [2.24, 2.45) is 0 Å². The van der Waals surface area contributed by atoms with Crippen LogP contribution in [-0.2, 0) is 28.6 Å². The van der Waals surface area contributed by atoms with E-state index in [4.69, 9.17) is 14.2 Å². The quantitative estimate of drug-likeness (QED) is 0.0261. The lowest BCUT2D eigenvalue weighted by atomic mass is 10.0. The highest BCUT2D eigenvalue weighted by Crippen LogP contribution is 2.18. The molecule has 0 aliphatic rings. The molecule has 0 fully saturated rings. The van der Waals surface area contributed by atoms with E-state index in [1.54, 1.807) is 0 Å². The van der Waals surface area contributed by atoms with Gasteiger partial charge in [-0.2, -0.15) is 0 Å². The van der Waals surface area contributed by atoms with E-state index >= 15 is 0 Å². The van der Waals surface area contributed by atoms with Crippen LogP contribution in [0.4, 0.5) is 0 Å². The molecule has 0 N–H and O–H groups in total. The fourth-order valence-electron chi connectivity index (χ4n) is 10.1. The lowest BCUT2D eigenvalue weighted by molar-refractivity contribution is -0.167. The first-order valence-corrected chi connectivity index (χ1v) is 33.5. The van der Waals surface area contributed by atoms with Gasteiger partial charge in [0, 0.05) is 19.3 Å². The molecular formula is C69H128O6. The summed E-state index contributed by atoms with van der Waals surface area (Å²) in [6.45, 7) is 6.61. The molecule has 0 amide bonds. The number of ether oxygens (including phenoxy) is 3. The number of hydrogen-bond donors (Lipinski definition) is 0. The van der Waals surface area contributed by atoms with Gasteiger partial charge >= 0.3 is 17.9 Å². The van der Waals surface area contributed by atoms with Gasteiger partial charge in [0.05, 0.1) is 0 Å². The molecule has 1 atom stereocenters. The maximum Gasteiger partial charge on any atom is 0.306 e. The topological polar surface area (TPSA) is 78.9 Å². The minimum atomic E-state index is -0.766. The zero-order valence-electron chi connectivity index (χ0n) is 50.6. The summed E-state index contributed by atoms with van der Waals surface area (Å²) in [5.41, 5.74) is 0. The first-order valence-electron chi connectivity index (χ1n) is 33.5. The van der Waals surface area contributed by atoms with Gasteiger partial charge in [0.1, 0.15) is 13.2 Å². The van der Waals surface area contributed by atoms with E-state index in [0.29, 0.717) is 19.3 Å². The first kappa shape index (κ1) is 72.6. The Labute approximate surface area is 467 Å². The average Bonchev–Trinajstić information content (AvgIpc) is 3.41. The molecule has 0 rings (SSSR count). The Hall–Kier alpha value is -2.37. The minimum absolute atomic E-state index is 0.0678. The molecule has 0 spiro atoms. The molecule has 6 nitrogen and oxygen atoms in total. The number of esters is 3. The highest BCUT2D eigenvalue weighted by molar-refractivity contribution is 5.71. The highest BCUT2D eigenvalue weighted by atomic mass is 16.6. The van der Waals surface area contributed by atoms with Gasteiger partial charge < -0.3 is 14.2 Å². The molecule has 440 valence electrons. The molecule has 0 saturated carbocycles. The van der Waals surface area contributed by atoms with E-state index in [0.717, 1.165) is 77.0 Å². The van der Waals surface area contributed by atoms with Gasteiger partial charge in [0.2, 0.25) is 0 Å². The molecule has 0 aromatic carbocycles. The second-order valence-corrected chi connectivity index (χ2v) is 22.7. The number of rotatable bonds is 62. The van der Waals surface area contributed by atoms with Crippen molar-refractivity contribution in [3.05, 3.63) is 36.5 Å². The number of unbranched alkanes of at least 4 members (excludes halogenated alkanes) is 45. The number of carbonyl (C=O) groups excluding carboxylic acids is 3. The van der Waals surface area contributed by atoms with Gasteiger partial charge in [0.25, 0.3) is 0 Å². The lowest BCUT2D eigenvalue weighted by Gasteiger charge is -2.18. The predicted octanol–water partition coefficient (Wildman–Crippen LogP) is 22.8.